The minimum atomic E-state index is -1.44. The first-order chi connectivity index (χ1) is 8.08. The number of hydrogen-bond donors (Lipinski definition) is 1. The predicted octanol–water partition coefficient (Wildman–Crippen LogP) is 3.00. The molecule has 1 rings (SSSR count). The van der Waals surface area contributed by atoms with Gasteiger partial charge in [0.2, 0.25) is 0 Å². The van der Waals surface area contributed by atoms with Crippen LogP contribution in [0.5, 0.6) is 0 Å². The van der Waals surface area contributed by atoms with E-state index in [4.69, 9.17) is 6.42 Å². The summed E-state index contributed by atoms with van der Waals surface area (Å²) in [6, 6.07) is 2.05. The number of benzene rings is 1. The van der Waals surface area contributed by atoms with Crippen LogP contribution >= 0.6 is 0 Å². The van der Waals surface area contributed by atoms with Gasteiger partial charge in [0, 0.05) is 19.0 Å². The molecule has 0 aromatic heterocycles. The molecule has 0 aliphatic rings. The van der Waals surface area contributed by atoms with Crippen molar-refractivity contribution in [3.05, 3.63) is 35.1 Å². The molecule has 1 nitrogen and oxygen atoms in total. The molecule has 0 heterocycles. The lowest BCUT2D eigenvalue weighted by Crippen LogP contribution is -2.27. The normalized spacial score (nSPS) is 12.2. The average molecular weight is 241 g/mol. The molecule has 0 aliphatic heterocycles. The number of halogens is 3. The Kier molecular flexibility index (Phi) is 5.05. The molecule has 1 unspecified atom stereocenters. The molecule has 0 radical (unpaired) electrons. The molecule has 0 spiro atoms. The van der Waals surface area contributed by atoms with Gasteiger partial charge < -0.3 is 5.32 Å². The second kappa shape index (κ2) is 6.31. The number of hydrogen-bond acceptors (Lipinski definition) is 1. The summed E-state index contributed by atoms with van der Waals surface area (Å²) in [6.45, 7) is 2.22. The molecule has 0 fully saturated rings. The van der Waals surface area contributed by atoms with Gasteiger partial charge in [-0.1, -0.05) is 6.92 Å². The maximum absolute atomic E-state index is 12.9. The summed E-state index contributed by atoms with van der Waals surface area (Å²) in [5.41, 5.74) is 0.358. The van der Waals surface area contributed by atoms with Crippen LogP contribution in [0.1, 0.15) is 25.3 Å². The van der Waals surface area contributed by atoms with Crippen LogP contribution in [-0.4, -0.2) is 6.04 Å². The van der Waals surface area contributed by atoms with Crippen molar-refractivity contribution in [2.24, 2.45) is 0 Å². The van der Waals surface area contributed by atoms with E-state index in [0.717, 1.165) is 18.6 Å². The fraction of sp³-hybridized carbons (Fsp3) is 0.385. The van der Waals surface area contributed by atoms with Crippen molar-refractivity contribution in [2.45, 2.75) is 32.4 Å². The van der Waals surface area contributed by atoms with Crippen molar-refractivity contribution in [1.29, 1.82) is 0 Å². The van der Waals surface area contributed by atoms with Crippen LogP contribution in [0.2, 0.25) is 0 Å². The molecule has 17 heavy (non-hydrogen) atoms. The van der Waals surface area contributed by atoms with Gasteiger partial charge in [0.15, 0.2) is 17.5 Å². The van der Waals surface area contributed by atoms with Crippen LogP contribution in [0.4, 0.5) is 13.2 Å². The Morgan fingerprint density at radius 3 is 2.35 bits per heavy atom. The molecule has 0 aliphatic carbocycles. The Morgan fingerprint density at radius 2 is 1.88 bits per heavy atom. The van der Waals surface area contributed by atoms with Gasteiger partial charge in [0.05, 0.1) is 0 Å². The monoisotopic (exact) mass is 241 g/mol. The molecule has 1 atom stereocenters. The molecule has 92 valence electrons. The third kappa shape index (κ3) is 3.79. The minimum absolute atomic E-state index is 0.0937. The molecule has 0 saturated carbocycles. The van der Waals surface area contributed by atoms with E-state index in [1.54, 1.807) is 0 Å². The lowest BCUT2D eigenvalue weighted by Gasteiger charge is -2.14. The van der Waals surface area contributed by atoms with Crippen LogP contribution in [0.3, 0.4) is 0 Å². The quantitative estimate of drug-likeness (QED) is 0.617. The van der Waals surface area contributed by atoms with Crippen LogP contribution in [0, 0.1) is 29.8 Å². The Balaban J connectivity index is 2.67. The van der Waals surface area contributed by atoms with Crippen LogP contribution in [-0.2, 0) is 6.54 Å². The van der Waals surface area contributed by atoms with E-state index >= 15 is 0 Å². The van der Waals surface area contributed by atoms with E-state index in [2.05, 4.69) is 11.2 Å². The zero-order chi connectivity index (χ0) is 12.8. The topological polar surface area (TPSA) is 12.0 Å². The highest BCUT2D eigenvalue weighted by Crippen LogP contribution is 2.13. The third-order valence-electron chi connectivity index (χ3n) is 2.50. The standard InChI is InChI=1S/C13H14F3N/c1-3-5-10(4-2)17-8-9-6-11(14)13(16)12(15)7-9/h1,6-7,10,17H,4-5,8H2,2H3. The van der Waals surface area contributed by atoms with Crippen molar-refractivity contribution >= 4 is 0 Å². The fourth-order valence-electron chi connectivity index (χ4n) is 1.48. The van der Waals surface area contributed by atoms with Gasteiger partial charge in [0.1, 0.15) is 0 Å². The van der Waals surface area contributed by atoms with E-state index in [9.17, 15) is 13.2 Å². The molecule has 1 N–H and O–H groups in total. The first kappa shape index (κ1) is 13.6. The van der Waals surface area contributed by atoms with Crippen LogP contribution in [0.25, 0.3) is 0 Å². The van der Waals surface area contributed by atoms with Gasteiger partial charge in [-0.2, -0.15) is 0 Å². The van der Waals surface area contributed by atoms with Crippen molar-refractivity contribution in [2.75, 3.05) is 0 Å². The van der Waals surface area contributed by atoms with E-state index < -0.39 is 17.5 Å². The van der Waals surface area contributed by atoms with Gasteiger partial charge >= 0.3 is 0 Å². The molecular formula is C13H14F3N. The average Bonchev–Trinajstić information content (AvgIpc) is 2.31. The minimum Gasteiger partial charge on any atom is -0.309 e. The molecule has 1 aromatic rings. The zero-order valence-electron chi connectivity index (χ0n) is 9.56. The van der Waals surface area contributed by atoms with E-state index in [1.807, 2.05) is 6.92 Å². The summed E-state index contributed by atoms with van der Waals surface area (Å²) >= 11 is 0. The van der Waals surface area contributed by atoms with Gasteiger partial charge in [-0.25, -0.2) is 13.2 Å². The Hall–Kier alpha value is -1.47. The van der Waals surface area contributed by atoms with Crippen molar-refractivity contribution in [3.8, 4) is 12.3 Å². The third-order valence-corrected chi connectivity index (χ3v) is 2.50. The summed E-state index contributed by atoms with van der Waals surface area (Å²) in [5, 5.41) is 3.06. The number of rotatable bonds is 5. The van der Waals surface area contributed by atoms with Crippen LogP contribution in [0.15, 0.2) is 12.1 Å². The fourth-order valence-corrected chi connectivity index (χ4v) is 1.48. The van der Waals surface area contributed by atoms with Gasteiger partial charge in [-0.05, 0) is 24.1 Å². The van der Waals surface area contributed by atoms with Gasteiger partial charge in [-0.3, -0.25) is 0 Å². The lowest BCUT2D eigenvalue weighted by atomic mass is 10.1. The second-order valence-corrected chi connectivity index (χ2v) is 3.77. The highest BCUT2D eigenvalue weighted by molar-refractivity contribution is 5.19. The smallest absolute Gasteiger partial charge is 0.194 e. The predicted molar refractivity (Wildman–Crippen MR) is 60.7 cm³/mol. The van der Waals surface area contributed by atoms with Crippen molar-refractivity contribution in [3.63, 3.8) is 0 Å². The maximum Gasteiger partial charge on any atom is 0.194 e. The van der Waals surface area contributed by atoms with Crippen LogP contribution < -0.4 is 5.32 Å². The van der Waals surface area contributed by atoms with Crippen molar-refractivity contribution in [1.82, 2.24) is 5.32 Å². The molecule has 0 amide bonds. The first-order valence-electron chi connectivity index (χ1n) is 5.38. The Bertz CT molecular complexity index is 400. The van der Waals surface area contributed by atoms with Gasteiger partial charge in [-0.15, -0.1) is 12.3 Å². The summed E-state index contributed by atoms with van der Waals surface area (Å²) in [6.07, 6.45) is 6.54. The number of terminal acetylenes is 1. The molecule has 4 heteroatoms. The molecule has 0 saturated heterocycles. The van der Waals surface area contributed by atoms with Crippen molar-refractivity contribution < 1.29 is 13.2 Å². The SMILES string of the molecule is C#CCC(CC)NCc1cc(F)c(F)c(F)c1. The zero-order valence-corrected chi connectivity index (χ0v) is 9.56. The highest BCUT2D eigenvalue weighted by Gasteiger charge is 2.11. The van der Waals surface area contributed by atoms with E-state index in [-0.39, 0.29) is 12.6 Å². The summed E-state index contributed by atoms with van der Waals surface area (Å²) in [5.74, 6) is -1.27. The number of nitrogens with one attached hydrogen (secondary N) is 1. The first-order valence-corrected chi connectivity index (χ1v) is 5.38. The second-order valence-electron chi connectivity index (χ2n) is 3.77. The molecule has 1 aromatic carbocycles. The largest absolute Gasteiger partial charge is 0.309 e. The summed E-state index contributed by atoms with van der Waals surface area (Å²) < 4.78 is 38.5. The maximum atomic E-state index is 12.9. The van der Waals surface area contributed by atoms with Gasteiger partial charge in [0.25, 0.3) is 0 Å². The summed E-state index contributed by atoms with van der Waals surface area (Å²) in [4.78, 5) is 0. The summed E-state index contributed by atoms with van der Waals surface area (Å²) in [7, 11) is 0. The highest BCUT2D eigenvalue weighted by atomic mass is 19.2. The van der Waals surface area contributed by atoms with E-state index in [0.29, 0.717) is 12.0 Å². The Labute approximate surface area is 99.0 Å². The molecular weight excluding hydrogens is 227 g/mol. The lowest BCUT2D eigenvalue weighted by molar-refractivity contribution is 0.441. The molecule has 0 bridgehead atoms. The Morgan fingerprint density at radius 1 is 1.29 bits per heavy atom. The van der Waals surface area contributed by atoms with E-state index in [1.165, 1.54) is 0 Å².